The van der Waals surface area contributed by atoms with E-state index in [0.717, 1.165) is 0 Å². The number of methoxy groups -OCH3 is 2. The van der Waals surface area contributed by atoms with Crippen molar-refractivity contribution in [1.29, 1.82) is 0 Å². The molecule has 0 unspecified atom stereocenters. The van der Waals surface area contributed by atoms with E-state index < -0.39 is 5.97 Å². The molecule has 2 aromatic rings. The molecule has 0 fully saturated rings. The van der Waals surface area contributed by atoms with Gasteiger partial charge in [-0.3, -0.25) is 0 Å². The fourth-order valence-corrected chi connectivity index (χ4v) is 1.27. The van der Waals surface area contributed by atoms with Gasteiger partial charge in [0, 0.05) is 18.5 Å². The van der Waals surface area contributed by atoms with Crippen LogP contribution in [-0.2, 0) is 4.74 Å². The van der Waals surface area contributed by atoms with E-state index in [1.165, 1.54) is 18.9 Å². The molecule has 88 valence electrons. The van der Waals surface area contributed by atoms with Crippen molar-refractivity contribution in [2.24, 2.45) is 0 Å². The Bertz CT molecular complexity index is 524. The molecule has 0 spiro atoms. The highest BCUT2D eigenvalue weighted by Crippen LogP contribution is 2.18. The number of esters is 1. The van der Waals surface area contributed by atoms with Gasteiger partial charge in [-0.2, -0.15) is 5.10 Å². The van der Waals surface area contributed by atoms with Gasteiger partial charge in [-0.05, 0) is 6.07 Å². The van der Waals surface area contributed by atoms with Gasteiger partial charge < -0.3 is 9.47 Å². The van der Waals surface area contributed by atoms with Crippen molar-refractivity contribution >= 4 is 5.97 Å². The smallest absolute Gasteiger partial charge is 0.362 e. The molecule has 2 aromatic heterocycles. The normalized spacial score (nSPS) is 10.0. The maximum absolute atomic E-state index is 11.4. The second-order valence-corrected chi connectivity index (χ2v) is 3.06. The van der Waals surface area contributed by atoms with Gasteiger partial charge in [0.1, 0.15) is 0 Å². The summed E-state index contributed by atoms with van der Waals surface area (Å²) in [4.78, 5) is 11.4. The first kappa shape index (κ1) is 11.1. The SMILES string of the molecule is COC(=O)c1nnc(-n2cccn2)cc1OC. The Balaban J connectivity index is 2.44. The highest BCUT2D eigenvalue weighted by atomic mass is 16.5. The summed E-state index contributed by atoms with van der Waals surface area (Å²) in [7, 11) is 2.71. The zero-order chi connectivity index (χ0) is 12.3. The Labute approximate surface area is 97.0 Å². The van der Waals surface area contributed by atoms with Crippen molar-refractivity contribution in [3.05, 3.63) is 30.2 Å². The fourth-order valence-electron chi connectivity index (χ4n) is 1.27. The molecule has 0 aromatic carbocycles. The van der Waals surface area contributed by atoms with E-state index in [0.29, 0.717) is 5.82 Å². The molecular formula is C10H10N4O3. The van der Waals surface area contributed by atoms with Crippen LogP contribution in [0.4, 0.5) is 0 Å². The van der Waals surface area contributed by atoms with E-state index in [1.807, 2.05) is 0 Å². The second kappa shape index (κ2) is 4.60. The van der Waals surface area contributed by atoms with E-state index in [1.54, 1.807) is 24.5 Å². The molecule has 17 heavy (non-hydrogen) atoms. The third-order valence-electron chi connectivity index (χ3n) is 2.08. The van der Waals surface area contributed by atoms with Gasteiger partial charge >= 0.3 is 5.97 Å². The summed E-state index contributed by atoms with van der Waals surface area (Å²) < 4.78 is 11.1. The number of ether oxygens (including phenoxy) is 2. The third-order valence-corrected chi connectivity index (χ3v) is 2.08. The molecule has 0 bridgehead atoms. The standard InChI is InChI=1S/C10H10N4O3/c1-16-7-6-8(14-5-3-4-11-14)12-13-9(7)10(15)17-2/h3-6H,1-2H3. The zero-order valence-electron chi connectivity index (χ0n) is 9.32. The summed E-state index contributed by atoms with van der Waals surface area (Å²) in [5.74, 6) is 0.151. The topological polar surface area (TPSA) is 79.1 Å². The number of carbonyl (C=O) groups is 1. The van der Waals surface area contributed by atoms with E-state index in [-0.39, 0.29) is 11.4 Å². The Morgan fingerprint density at radius 3 is 2.76 bits per heavy atom. The molecule has 2 heterocycles. The molecule has 0 aliphatic rings. The minimum absolute atomic E-state index is 0.0332. The molecule has 0 amide bonds. The lowest BCUT2D eigenvalue weighted by molar-refractivity contribution is 0.0588. The largest absolute Gasteiger partial charge is 0.494 e. The molecule has 2 rings (SSSR count). The number of nitrogens with zero attached hydrogens (tertiary/aromatic N) is 4. The predicted octanol–water partition coefficient (Wildman–Crippen LogP) is 0.458. The lowest BCUT2D eigenvalue weighted by atomic mass is 10.3. The van der Waals surface area contributed by atoms with E-state index in [9.17, 15) is 4.79 Å². The minimum atomic E-state index is -0.596. The van der Waals surface area contributed by atoms with E-state index >= 15 is 0 Å². The molecule has 7 nitrogen and oxygen atoms in total. The van der Waals surface area contributed by atoms with Crippen LogP contribution in [0.5, 0.6) is 5.75 Å². The Morgan fingerprint density at radius 1 is 1.35 bits per heavy atom. The molecule has 0 saturated heterocycles. The summed E-state index contributed by atoms with van der Waals surface area (Å²) in [5.41, 5.74) is 0.0332. The summed E-state index contributed by atoms with van der Waals surface area (Å²) in [6.07, 6.45) is 3.32. The van der Waals surface area contributed by atoms with Crippen LogP contribution < -0.4 is 4.74 Å². The Morgan fingerprint density at radius 2 is 2.18 bits per heavy atom. The number of aromatic nitrogens is 4. The van der Waals surface area contributed by atoms with Crippen LogP contribution in [0.3, 0.4) is 0 Å². The zero-order valence-corrected chi connectivity index (χ0v) is 9.32. The van der Waals surface area contributed by atoms with Crippen molar-refractivity contribution in [3.8, 4) is 11.6 Å². The summed E-state index contributed by atoms with van der Waals surface area (Å²) >= 11 is 0. The first-order valence-corrected chi connectivity index (χ1v) is 4.76. The summed E-state index contributed by atoms with van der Waals surface area (Å²) in [6, 6.07) is 3.31. The third kappa shape index (κ3) is 2.07. The van der Waals surface area contributed by atoms with Crippen LogP contribution in [0.15, 0.2) is 24.5 Å². The van der Waals surface area contributed by atoms with Crippen molar-refractivity contribution in [3.63, 3.8) is 0 Å². The van der Waals surface area contributed by atoms with Crippen LogP contribution in [0.2, 0.25) is 0 Å². The second-order valence-electron chi connectivity index (χ2n) is 3.06. The summed E-state index contributed by atoms with van der Waals surface area (Å²) in [6.45, 7) is 0. The minimum Gasteiger partial charge on any atom is -0.494 e. The van der Waals surface area contributed by atoms with Gasteiger partial charge in [-0.1, -0.05) is 0 Å². The van der Waals surface area contributed by atoms with Crippen LogP contribution in [0, 0.1) is 0 Å². The molecule has 7 heteroatoms. The first-order chi connectivity index (χ1) is 8.26. The molecule has 0 aliphatic heterocycles. The van der Waals surface area contributed by atoms with Gasteiger partial charge in [0.15, 0.2) is 11.6 Å². The fraction of sp³-hybridized carbons (Fsp3) is 0.200. The lowest BCUT2D eigenvalue weighted by Crippen LogP contribution is -2.10. The van der Waals surface area contributed by atoms with Crippen molar-refractivity contribution < 1.29 is 14.3 Å². The first-order valence-electron chi connectivity index (χ1n) is 4.76. The summed E-state index contributed by atoms with van der Waals surface area (Å²) in [5, 5.41) is 11.6. The lowest BCUT2D eigenvalue weighted by Gasteiger charge is -2.06. The monoisotopic (exact) mass is 234 g/mol. The number of hydrogen-bond acceptors (Lipinski definition) is 6. The highest BCUT2D eigenvalue weighted by molar-refractivity contribution is 5.90. The van der Waals surface area contributed by atoms with Crippen molar-refractivity contribution in [1.82, 2.24) is 20.0 Å². The highest BCUT2D eigenvalue weighted by Gasteiger charge is 2.16. The van der Waals surface area contributed by atoms with E-state index in [4.69, 9.17) is 4.74 Å². The average molecular weight is 234 g/mol. The van der Waals surface area contributed by atoms with E-state index in [2.05, 4.69) is 20.0 Å². The maximum atomic E-state index is 11.4. The van der Waals surface area contributed by atoms with Crippen LogP contribution in [-0.4, -0.2) is 40.2 Å². The quantitative estimate of drug-likeness (QED) is 0.718. The van der Waals surface area contributed by atoms with Crippen LogP contribution >= 0.6 is 0 Å². The van der Waals surface area contributed by atoms with Gasteiger partial charge in [-0.25, -0.2) is 9.48 Å². The molecule has 0 radical (unpaired) electrons. The molecule has 0 aliphatic carbocycles. The molecule has 0 atom stereocenters. The average Bonchev–Trinajstić information content (AvgIpc) is 2.91. The van der Waals surface area contributed by atoms with Gasteiger partial charge in [0.05, 0.1) is 14.2 Å². The van der Waals surface area contributed by atoms with Crippen LogP contribution in [0.1, 0.15) is 10.5 Å². The Hall–Kier alpha value is -2.44. The van der Waals surface area contributed by atoms with Gasteiger partial charge in [0.2, 0.25) is 5.69 Å². The Kier molecular flexibility index (Phi) is 2.99. The maximum Gasteiger partial charge on any atom is 0.362 e. The van der Waals surface area contributed by atoms with Crippen molar-refractivity contribution in [2.75, 3.05) is 14.2 Å². The molecular weight excluding hydrogens is 224 g/mol. The van der Waals surface area contributed by atoms with Gasteiger partial charge in [0.25, 0.3) is 0 Å². The van der Waals surface area contributed by atoms with Gasteiger partial charge in [-0.15, -0.1) is 10.2 Å². The molecule has 0 saturated carbocycles. The molecule has 0 N–H and O–H groups in total. The van der Waals surface area contributed by atoms with Crippen LogP contribution in [0.25, 0.3) is 5.82 Å². The number of hydrogen-bond donors (Lipinski definition) is 0. The van der Waals surface area contributed by atoms with Crippen molar-refractivity contribution in [2.45, 2.75) is 0 Å². The predicted molar refractivity (Wildman–Crippen MR) is 57.0 cm³/mol. The number of carbonyl (C=O) groups excluding carboxylic acids is 1. The number of rotatable bonds is 3.